The van der Waals surface area contributed by atoms with E-state index in [1.807, 2.05) is 25.1 Å². The first-order valence-corrected chi connectivity index (χ1v) is 6.86. The molecular weight excluding hydrogens is 248 g/mol. The van der Waals surface area contributed by atoms with E-state index in [0.717, 1.165) is 13.1 Å². The van der Waals surface area contributed by atoms with Gasteiger partial charge < -0.3 is 5.32 Å². The molecule has 0 unspecified atom stereocenters. The maximum Gasteiger partial charge on any atom is 0.241 e. The van der Waals surface area contributed by atoms with Crippen LogP contribution in [0.15, 0.2) is 24.3 Å². The van der Waals surface area contributed by atoms with Crippen molar-refractivity contribution in [3.05, 3.63) is 29.3 Å². The summed E-state index contributed by atoms with van der Waals surface area (Å²) in [4.78, 5) is 14.4. The van der Waals surface area contributed by atoms with Crippen LogP contribution in [0.3, 0.4) is 0 Å². The Hall–Kier alpha value is -1.06. The summed E-state index contributed by atoms with van der Waals surface area (Å²) in [6.45, 7) is 3.98. The van der Waals surface area contributed by atoms with Crippen LogP contribution in [0.5, 0.6) is 0 Å². The van der Waals surface area contributed by atoms with E-state index in [9.17, 15) is 4.79 Å². The molecule has 1 aliphatic rings. The number of amides is 1. The fourth-order valence-electron chi connectivity index (χ4n) is 2.27. The van der Waals surface area contributed by atoms with Crippen LogP contribution in [-0.4, -0.2) is 29.9 Å². The Morgan fingerprint density at radius 3 is 2.61 bits per heavy atom. The lowest BCUT2D eigenvalue weighted by Crippen LogP contribution is -2.44. The topological polar surface area (TPSA) is 32.3 Å². The minimum absolute atomic E-state index is 0.0185. The van der Waals surface area contributed by atoms with Gasteiger partial charge in [-0.1, -0.05) is 30.2 Å². The van der Waals surface area contributed by atoms with Gasteiger partial charge >= 0.3 is 0 Å². The zero-order valence-electron chi connectivity index (χ0n) is 10.7. The van der Waals surface area contributed by atoms with Gasteiger partial charge in [0.05, 0.1) is 16.8 Å². The quantitative estimate of drug-likeness (QED) is 0.912. The van der Waals surface area contributed by atoms with Gasteiger partial charge in [-0.2, -0.15) is 0 Å². The predicted molar refractivity (Wildman–Crippen MR) is 75.0 cm³/mol. The standard InChI is InChI=1S/C14H19ClN2O/c1-11(17-9-5-2-6-10-17)14(18)16-13-8-4-3-7-12(13)15/h3-4,7-8,11H,2,5-6,9-10H2,1H3,(H,16,18)/t11-/m1/s1. The fourth-order valence-corrected chi connectivity index (χ4v) is 2.45. The van der Waals surface area contributed by atoms with Crippen molar-refractivity contribution in [2.24, 2.45) is 0 Å². The minimum Gasteiger partial charge on any atom is -0.323 e. The number of hydrogen-bond acceptors (Lipinski definition) is 2. The number of hydrogen-bond donors (Lipinski definition) is 1. The second-order valence-electron chi connectivity index (χ2n) is 4.74. The summed E-state index contributed by atoms with van der Waals surface area (Å²) in [5, 5.41) is 3.47. The van der Waals surface area contributed by atoms with Crippen LogP contribution < -0.4 is 5.32 Å². The van der Waals surface area contributed by atoms with Gasteiger partial charge in [0.25, 0.3) is 0 Å². The van der Waals surface area contributed by atoms with Crippen molar-refractivity contribution in [2.45, 2.75) is 32.2 Å². The highest BCUT2D eigenvalue weighted by molar-refractivity contribution is 6.33. The molecule has 1 atom stereocenters. The highest BCUT2D eigenvalue weighted by Crippen LogP contribution is 2.21. The monoisotopic (exact) mass is 266 g/mol. The summed E-state index contributed by atoms with van der Waals surface area (Å²) in [6, 6.07) is 7.23. The lowest BCUT2D eigenvalue weighted by atomic mass is 10.1. The third-order valence-electron chi connectivity index (χ3n) is 3.45. The molecule has 1 aromatic rings. The van der Waals surface area contributed by atoms with Gasteiger partial charge in [-0.25, -0.2) is 0 Å². The zero-order chi connectivity index (χ0) is 13.0. The van der Waals surface area contributed by atoms with Crippen LogP contribution in [0.4, 0.5) is 5.69 Å². The van der Waals surface area contributed by atoms with E-state index in [1.165, 1.54) is 19.3 Å². The second kappa shape index (κ2) is 6.21. The molecule has 0 aliphatic carbocycles. The molecule has 1 amide bonds. The highest BCUT2D eigenvalue weighted by Gasteiger charge is 2.23. The summed E-state index contributed by atoms with van der Waals surface area (Å²) >= 11 is 6.03. The number of nitrogens with one attached hydrogen (secondary N) is 1. The van der Waals surface area contributed by atoms with Crippen molar-refractivity contribution < 1.29 is 4.79 Å². The first-order valence-electron chi connectivity index (χ1n) is 6.48. The summed E-state index contributed by atoms with van der Waals surface area (Å²) in [6.07, 6.45) is 3.64. The van der Waals surface area contributed by atoms with Gasteiger partial charge in [-0.15, -0.1) is 0 Å². The number of para-hydroxylation sites is 1. The summed E-state index contributed by atoms with van der Waals surface area (Å²) < 4.78 is 0. The molecule has 0 radical (unpaired) electrons. The van der Waals surface area contributed by atoms with Crippen LogP contribution in [-0.2, 0) is 4.79 Å². The van der Waals surface area contributed by atoms with Crippen molar-refractivity contribution in [3.63, 3.8) is 0 Å². The number of likely N-dealkylation sites (tertiary alicyclic amines) is 1. The lowest BCUT2D eigenvalue weighted by Gasteiger charge is -2.31. The van der Waals surface area contributed by atoms with Crippen molar-refractivity contribution in [1.29, 1.82) is 0 Å². The van der Waals surface area contributed by atoms with Gasteiger partial charge in [0.2, 0.25) is 5.91 Å². The Labute approximate surface area is 113 Å². The van der Waals surface area contributed by atoms with Crippen molar-refractivity contribution in [1.82, 2.24) is 4.90 Å². The Morgan fingerprint density at radius 1 is 1.28 bits per heavy atom. The maximum atomic E-state index is 12.2. The molecule has 0 saturated carbocycles. The summed E-state index contributed by atoms with van der Waals surface area (Å²) in [5.74, 6) is 0.0185. The number of carbonyl (C=O) groups excluding carboxylic acids is 1. The number of anilines is 1. The highest BCUT2D eigenvalue weighted by atomic mass is 35.5. The normalized spacial score (nSPS) is 18.3. The first kappa shape index (κ1) is 13.4. The molecule has 98 valence electrons. The number of piperidine rings is 1. The van der Waals surface area contributed by atoms with Gasteiger partial charge in [-0.05, 0) is 45.0 Å². The van der Waals surface area contributed by atoms with E-state index in [0.29, 0.717) is 10.7 Å². The van der Waals surface area contributed by atoms with Crippen molar-refractivity contribution in [2.75, 3.05) is 18.4 Å². The average Bonchev–Trinajstić information content (AvgIpc) is 2.41. The molecule has 0 spiro atoms. The van der Waals surface area contributed by atoms with E-state index in [1.54, 1.807) is 6.07 Å². The molecular formula is C14H19ClN2O. The lowest BCUT2D eigenvalue weighted by molar-refractivity contribution is -0.121. The molecule has 0 bridgehead atoms. The Kier molecular flexibility index (Phi) is 4.61. The Morgan fingerprint density at radius 2 is 1.94 bits per heavy atom. The van der Waals surface area contributed by atoms with Gasteiger partial charge in [0.15, 0.2) is 0 Å². The van der Waals surface area contributed by atoms with Gasteiger partial charge in [0, 0.05) is 0 Å². The molecule has 1 fully saturated rings. The molecule has 1 aromatic carbocycles. The van der Waals surface area contributed by atoms with E-state index >= 15 is 0 Å². The van der Waals surface area contributed by atoms with Crippen LogP contribution in [0.2, 0.25) is 5.02 Å². The Bertz CT molecular complexity index is 416. The summed E-state index contributed by atoms with van der Waals surface area (Å²) in [5.41, 5.74) is 0.688. The molecule has 0 aromatic heterocycles. The second-order valence-corrected chi connectivity index (χ2v) is 5.15. The van der Waals surface area contributed by atoms with Crippen LogP contribution in [0.25, 0.3) is 0 Å². The average molecular weight is 267 g/mol. The number of benzene rings is 1. The smallest absolute Gasteiger partial charge is 0.241 e. The number of nitrogens with zero attached hydrogens (tertiary/aromatic N) is 1. The molecule has 1 aliphatic heterocycles. The first-order chi connectivity index (χ1) is 8.68. The van der Waals surface area contributed by atoms with E-state index in [-0.39, 0.29) is 11.9 Å². The van der Waals surface area contributed by atoms with Gasteiger partial charge in [-0.3, -0.25) is 9.69 Å². The van der Waals surface area contributed by atoms with Crippen molar-refractivity contribution >= 4 is 23.2 Å². The van der Waals surface area contributed by atoms with Crippen LogP contribution in [0.1, 0.15) is 26.2 Å². The molecule has 1 saturated heterocycles. The Balaban J connectivity index is 1.97. The van der Waals surface area contributed by atoms with Gasteiger partial charge in [0.1, 0.15) is 0 Å². The molecule has 1 N–H and O–H groups in total. The van der Waals surface area contributed by atoms with E-state index in [2.05, 4.69) is 10.2 Å². The van der Waals surface area contributed by atoms with Crippen LogP contribution in [0, 0.1) is 0 Å². The number of carbonyl (C=O) groups is 1. The molecule has 1 heterocycles. The zero-order valence-corrected chi connectivity index (χ0v) is 11.4. The third-order valence-corrected chi connectivity index (χ3v) is 3.78. The van der Waals surface area contributed by atoms with Crippen molar-refractivity contribution in [3.8, 4) is 0 Å². The van der Waals surface area contributed by atoms with E-state index in [4.69, 9.17) is 11.6 Å². The molecule has 18 heavy (non-hydrogen) atoms. The SMILES string of the molecule is C[C@H](C(=O)Nc1ccccc1Cl)N1CCCCC1. The van der Waals surface area contributed by atoms with Crippen LogP contribution >= 0.6 is 11.6 Å². The summed E-state index contributed by atoms with van der Waals surface area (Å²) in [7, 11) is 0. The molecule has 2 rings (SSSR count). The fraction of sp³-hybridized carbons (Fsp3) is 0.500. The minimum atomic E-state index is -0.0958. The largest absolute Gasteiger partial charge is 0.323 e. The number of halogens is 1. The molecule has 4 heteroatoms. The predicted octanol–water partition coefficient (Wildman–Crippen LogP) is 3.15. The number of rotatable bonds is 3. The third kappa shape index (κ3) is 3.24. The van der Waals surface area contributed by atoms with E-state index < -0.39 is 0 Å². The molecule has 3 nitrogen and oxygen atoms in total. The maximum absolute atomic E-state index is 12.2.